The van der Waals surface area contributed by atoms with E-state index in [9.17, 15) is 4.79 Å². The van der Waals surface area contributed by atoms with Crippen LogP contribution in [0.4, 0.5) is 0 Å². The quantitative estimate of drug-likeness (QED) is 0.441. The van der Waals surface area contributed by atoms with Crippen molar-refractivity contribution >= 4 is 5.97 Å². The zero-order valence-electron chi connectivity index (χ0n) is 18.7. The van der Waals surface area contributed by atoms with Crippen molar-refractivity contribution in [2.75, 3.05) is 13.1 Å². The number of carbonyl (C=O) groups excluding carboxylic acids is 1. The molecule has 3 aromatic rings. The predicted octanol–water partition coefficient (Wildman–Crippen LogP) is 6.35. The van der Waals surface area contributed by atoms with Crippen molar-refractivity contribution in [1.82, 2.24) is 4.90 Å². The Balaban J connectivity index is 1.76. The molecule has 0 N–H and O–H groups in total. The molecule has 160 valence electrons. The zero-order valence-corrected chi connectivity index (χ0v) is 18.7. The molecule has 1 heterocycles. The number of ether oxygens (including phenoxy) is 1. The van der Waals surface area contributed by atoms with Gasteiger partial charge in [-0.25, -0.2) is 4.79 Å². The molecule has 0 unspecified atom stereocenters. The lowest BCUT2D eigenvalue weighted by Gasteiger charge is -2.35. The number of likely N-dealkylation sites (tertiary alicyclic amines) is 1. The first-order valence-electron chi connectivity index (χ1n) is 11.2. The van der Waals surface area contributed by atoms with Gasteiger partial charge in [0.2, 0.25) is 0 Å². The van der Waals surface area contributed by atoms with Gasteiger partial charge in [0.1, 0.15) is 6.10 Å². The third kappa shape index (κ3) is 4.72. The van der Waals surface area contributed by atoms with E-state index in [1.165, 1.54) is 18.4 Å². The maximum atomic E-state index is 13.5. The third-order valence-corrected chi connectivity index (χ3v) is 6.21. The van der Waals surface area contributed by atoms with Gasteiger partial charge in [0.05, 0.1) is 11.6 Å². The normalized spacial score (nSPS) is 16.1. The number of esters is 1. The van der Waals surface area contributed by atoms with Crippen LogP contribution in [-0.4, -0.2) is 24.0 Å². The minimum atomic E-state index is -0.380. The summed E-state index contributed by atoms with van der Waals surface area (Å²) in [5.41, 5.74) is 5.98. The van der Waals surface area contributed by atoms with Crippen molar-refractivity contribution in [2.45, 2.75) is 45.8 Å². The van der Waals surface area contributed by atoms with E-state index in [0.29, 0.717) is 5.56 Å². The highest BCUT2D eigenvalue weighted by Crippen LogP contribution is 2.39. The smallest absolute Gasteiger partial charge is 0.339 e. The van der Waals surface area contributed by atoms with Crippen LogP contribution >= 0.6 is 0 Å². The van der Waals surface area contributed by atoms with Gasteiger partial charge in [-0.15, -0.1) is 0 Å². The molecule has 3 nitrogen and oxygen atoms in total. The fourth-order valence-corrected chi connectivity index (χ4v) is 4.88. The SMILES string of the molecule is Cc1cc(C)c(C(=O)O[C@H](c2ccccc2)[C@H](c2ccccc2)N2CCCC2)c(C)c1. The van der Waals surface area contributed by atoms with E-state index in [2.05, 4.69) is 60.4 Å². The lowest BCUT2D eigenvalue weighted by Crippen LogP contribution is -2.33. The number of carbonyl (C=O) groups is 1. The molecule has 1 aliphatic heterocycles. The van der Waals surface area contributed by atoms with Crippen molar-refractivity contribution in [3.8, 4) is 0 Å². The van der Waals surface area contributed by atoms with Crippen molar-refractivity contribution in [3.05, 3.63) is 106 Å². The van der Waals surface area contributed by atoms with Gasteiger partial charge in [0.25, 0.3) is 0 Å². The molecule has 1 fully saturated rings. The van der Waals surface area contributed by atoms with Crippen molar-refractivity contribution in [2.24, 2.45) is 0 Å². The molecule has 1 aliphatic rings. The van der Waals surface area contributed by atoms with Crippen LogP contribution in [0.1, 0.15) is 63.2 Å². The Morgan fingerprint density at radius 2 is 1.32 bits per heavy atom. The molecule has 0 radical (unpaired) electrons. The van der Waals surface area contributed by atoms with Crippen molar-refractivity contribution in [3.63, 3.8) is 0 Å². The monoisotopic (exact) mass is 413 g/mol. The van der Waals surface area contributed by atoms with Gasteiger partial charge in [-0.3, -0.25) is 4.90 Å². The van der Waals surface area contributed by atoms with Crippen LogP contribution < -0.4 is 0 Å². The summed E-state index contributed by atoms with van der Waals surface area (Å²) in [6.45, 7) is 8.07. The van der Waals surface area contributed by atoms with Crippen LogP contribution in [-0.2, 0) is 4.74 Å². The van der Waals surface area contributed by atoms with Crippen LogP contribution in [0, 0.1) is 20.8 Å². The molecule has 0 saturated carbocycles. The summed E-state index contributed by atoms with van der Waals surface area (Å²) >= 11 is 0. The van der Waals surface area contributed by atoms with Gasteiger partial charge >= 0.3 is 5.97 Å². The Labute approximate surface area is 185 Å². The van der Waals surface area contributed by atoms with E-state index >= 15 is 0 Å². The molecule has 31 heavy (non-hydrogen) atoms. The summed E-state index contributed by atoms with van der Waals surface area (Å²) in [4.78, 5) is 16.0. The average molecular weight is 414 g/mol. The van der Waals surface area contributed by atoms with E-state index in [0.717, 1.165) is 35.3 Å². The molecule has 1 saturated heterocycles. The number of rotatable bonds is 6. The Morgan fingerprint density at radius 1 is 0.806 bits per heavy atom. The molecule has 0 spiro atoms. The number of hydrogen-bond donors (Lipinski definition) is 0. The van der Waals surface area contributed by atoms with E-state index in [4.69, 9.17) is 4.74 Å². The summed E-state index contributed by atoms with van der Waals surface area (Å²) in [6, 6.07) is 24.7. The predicted molar refractivity (Wildman–Crippen MR) is 125 cm³/mol. The number of benzene rings is 3. The Hall–Kier alpha value is -2.91. The highest BCUT2D eigenvalue weighted by Gasteiger charge is 2.35. The number of aryl methyl sites for hydroxylation is 3. The first-order valence-corrected chi connectivity index (χ1v) is 11.2. The van der Waals surface area contributed by atoms with Crippen LogP contribution in [0.2, 0.25) is 0 Å². The lowest BCUT2D eigenvalue weighted by molar-refractivity contribution is 0.000109. The van der Waals surface area contributed by atoms with E-state index in [1.807, 2.05) is 38.1 Å². The zero-order chi connectivity index (χ0) is 21.8. The highest BCUT2D eigenvalue weighted by atomic mass is 16.5. The Kier molecular flexibility index (Phi) is 6.53. The molecule has 2 atom stereocenters. The molecule has 4 rings (SSSR count). The van der Waals surface area contributed by atoms with Crippen LogP contribution in [0.3, 0.4) is 0 Å². The first kappa shape index (κ1) is 21.3. The standard InChI is InChI=1S/C28H31NO2/c1-20-18-21(2)25(22(3)19-20)28(30)31-27(24-14-8-5-9-15-24)26(29-16-10-11-17-29)23-12-6-4-7-13-23/h4-9,12-15,18-19,26-27H,10-11,16-17H2,1-3H3/t26-,27+/m0/s1. The summed E-state index contributed by atoms with van der Waals surface area (Å²) in [5.74, 6) is -0.246. The molecule has 3 aromatic carbocycles. The molecule has 0 amide bonds. The number of nitrogens with zero attached hydrogens (tertiary/aromatic N) is 1. The molecular weight excluding hydrogens is 382 g/mol. The fraction of sp³-hybridized carbons (Fsp3) is 0.321. The molecule has 0 aliphatic carbocycles. The topological polar surface area (TPSA) is 29.5 Å². The maximum absolute atomic E-state index is 13.5. The fourth-order valence-electron chi connectivity index (χ4n) is 4.88. The minimum Gasteiger partial charge on any atom is -0.452 e. The lowest BCUT2D eigenvalue weighted by atomic mass is 9.94. The first-order chi connectivity index (χ1) is 15.0. The maximum Gasteiger partial charge on any atom is 0.339 e. The van der Waals surface area contributed by atoms with Gasteiger partial charge in [0.15, 0.2) is 0 Å². The van der Waals surface area contributed by atoms with Gasteiger partial charge in [-0.05, 0) is 69.0 Å². The third-order valence-electron chi connectivity index (χ3n) is 6.21. The molecule has 3 heteroatoms. The minimum absolute atomic E-state index is 0.0129. The van der Waals surface area contributed by atoms with Gasteiger partial charge in [0, 0.05) is 0 Å². The second-order valence-corrected chi connectivity index (χ2v) is 8.61. The average Bonchev–Trinajstić information content (AvgIpc) is 3.28. The van der Waals surface area contributed by atoms with Gasteiger partial charge < -0.3 is 4.74 Å². The van der Waals surface area contributed by atoms with Crippen LogP contribution in [0.15, 0.2) is 72.8 Å². The van der Waals surface area contributed by atoms with Crippen LogP contribution in [0.25, 0.3) is 0 Å². The molecular formula is C28H31NO2. The van der Waals surface area contributed by atoms with Crippen molar-refractivity contribution < 1.29 is 9.53 Å². The number of hydrogen-bond acceptors (Lipinski definition) is 3. The molecule has 0 aromatic heterocycles. The Bertz CT molecular complexity index is 1000. The van der Waals surface area contributed by atoms with Gasteiger partial charge in [-0.2, -0.15) is 0 Å². The van der Waals surface area contributed by atoms with E-state index < -0.39 is 0 Å². The Morgan fingerprint density at radius 3 is 1.87 bits per heavy atom. The molecule has 0 bridgehead atoms. The van der Waals surface area contributed by atoms with Gasteiger partial charge in [-0.1, -0.05) is 78.4 Å². The van der Waals surface area contributed by atoms with E-state index in [1.54, 1.807) is 0 Å². The van der Waals surface area contributed by atoms with E-state index in [-0.39, 0.29) is 18.1 Å². The van der Waals surface area contributed by atoms with Crippen molar-refractivity contribution in [1.29, 1.82) is 0 Å². The summed E-state index contributed by atoms with van der Waals surface area (Å²) in [5, 5.41) is 0. The summed E-state index contributed by atoms with van der Waals surface area (Å²) < 4.78 is 6.37. The second kappa shape index (κ2) is 9.49. The second-order valence-electron chi connectivity index (χ2n) is 8.61. The highest BCUT2D eigenvalue weighted by molar-refractivity contribution is 5.93. The summed E-state index contributed by atoms with van der Waals surface area (Å²) in [7, 11) is 0. The summed E-state index contributed by atoms with van der Waals surface area (Å²) in [6.07, 6.45) is 1.97. The van der Waals surface area contributed by atoms with Crippen LogP contribution in [0.5, 0.6) is 0 Å². The largest absolute Gasteiger partial charge is 0.452 e.